The largest absolute Gasteiger partial charge is 0.497 e. The molecular formula is C23H23N5O5. The van der Waals surface area contributed by atoms with Crippen molar-refractivity contribution in [1.29, 1.82) is 0 Å². The van der Waals surface area contributed by atoms with Crippen molar-refractivity contribution in [2.24, 2.45) is 0 Å². The van der Waals surface area contributed by atoms with Gasteiger partial charge in [-0.25, -0.2) is 19.6 Å². The number of aryl methyl sites for hydroxylation is 1. The number of fused-ring (bicyclic) bond motifs is 3. The maximum absolute atomic E-state index is 12.9. The first-order chi connectivity index (χ1) is 15.9. The van der Waals surface area contributed by atoms with Crippen LogP contribution in [0.4, 0.5) is 5.82 Å². The lowest BCUT2D eigenvalue weighted by Crippen LogP contribution is -2.12. The Morgan fingerprint density at radius 1 is 1.06 bits per heavy atom. The van der Waals surface area contributed by atoms with Gasteiger partial charge in [-0.15, -0.1) is 5.10 Å². The minimum atomic E-state index is -0.601. The molecule has 170 valence electrons. The third-order valence-corrected chi connectivity index (χ3v) is 5.15. The van der Waals surface area contributed by atoms with Crippen LogP contribution in [0.2, 0.25) is 0 Å². The molecule has 0 radical (unpaired) electrons. The third-order valence-electron chi connectivity index (χ3n) is 5.15. The summed E-state index contributed by atoms with van der Waals surface area (Å²) in [6.45, 7) is 5.56. The predicted octanol–water partition coefficient (Wildman–Crippen LogP) is 3.20. The van der Waals surface area contributed by atoms with E-state index in [4.69, 9.17) is 19.9 Å². The number of carbonyl (C=O) groups is 2. The first-order valence-corrected chi connectivity index (χ1v) is 10.4. The summed E-state index contributed by atoms with van der Waals surface area (Å²) in [6, 6.07) is 7.24. The Kier molecular flexibility index (Phi) is 5.82. The second-order valence-electron chi connectivity index (χ2n) is 7.11. The summed E-state index contributed by atoms with van der Waals surface area (Å²) in [6.07, 6.45) is 1.34. The number of hydrogen-bond acceptors (Lipinski definition) is 9. The van der Waals surface area contributed by atoms with Crippen LogP contribution in [0.15, 0.2) is 30.5 Å². The zero-order chi connectivity index (χ0) is 23.7. The molecule has 0 unspecified atom stereocenters. The molecular weight excluding hydrogens is 426 g/mol. The normalized spacial score (nSPS) is 11.0. The van der Waals surface area contributed by atoms with Gasteiger partial charge in [-0.05, 0) is 38.5 Å². The molecule has 0 aliphatic rings. The van der Waals surface area contributed by atoms with Crippen molar-refractivity contribution in [3.05, 3.63) is 47.3 Å². The maximum atomic E-state index is 12.9. The molecule has 0 amide bonds. The van der Waals surface area contributed by atoms with E-state index in [9.17, 15) is 9.59 Å². The van der Waals surface area contributed by atoms with Crippen molar-refractivity contribution in [3.63, 3.8) is 0 Å². The molecule has 0 atom stereocenters. The van der Waals surface area contributed by atoms with Crippen LogP contribution in [0.5, 0.6) is 5.75 Å². The molecule has 0 aliphatic carbocycles. The van der Waals surface area contributed by atoms with Gasteiger partial charge in [0.25, 0.3) is 0 Å². The van der Waals surface area contributed by atoms with E-state index >= 15 is 0 Å². The van der Waals surface area contributed by atoms with Crippen LogP contribution >= 0.6 is 0 Å². The van der Waals surface area contributed by atoms with Gasteiger partial charge in [-0.2, -0.15) is 4.52 Å². The minimum Gasteiger partial charge on any atom is -0.497 e. The summed E-state index contributed by atoms with van der Waals surface area (Å²) in [5.74, 6) is -0.381. The molecule has 0 saturated heterocycles. The standard InChI is InChI=1S/C23H23N5O5/c1-5-32-22(29)15-11-25-21-18-17(13-7-9-14(31-4)10-8-13)16(23(30)33-6-2)12(3)26-20(18)27-28(21)19(15)24/h7-11H,5-6,24H2,1-4H3. The highest BCUT2D eigenvalue weighted by molar-refractivity contribution is 6.12. The molecule has 10 nitrogen and oxygen atoms in total. The van der Waals surface area contributed by atoms with E-state index in [0.717, 1.165) is 5.56 Å². The number of nitrogen functional groups attached to an aromatic ring is 1. The van der Waals surface area contributed by atoms with E-state index in [-0.39, 0.29) is 24.6 Å². The number of rotatable bonds is 6. The number of nitrogens with zero attached hydrogens (tertiary/aromatic N) is 4. The number of hydrogen-bond donors (Lipinski definition) is 1. The molecule has 3 heterocycles. The highest BCUT2D eigenvalue weighted by atomic mass is 16.5. The molecule has 10 heteroatoms. The molecule has 33 heavy (non-hydrogen) atoms. The van der Waals surface area contributed by atoms with Gasteiger partial charge in [-0.1, -0.05) is 12.1 Å². The van der Waals surface area contributed by atoms with Gasteiger partial charge < -0.3 is 19.9 Å². The second-order valence-corrected chi connectivity index (χ2v) is 7.11. The lowest BCUT2D eigenvalue weighted by atomic mass is 9.96. The molecule has 4 aromatic rings. The monoisotopic (exact) mass is 449 g/mol. The van der Waals surface area contributed by atoms with Crippen molar-refractivity contribution in [3.8, 4) is 16.9 Å². The van der Waals surface area contributed by atoms with E-state index in [1.165, 1.54) is 10.7 Å². The zero-order valence-electron chi connectivity index (χ0n) is 18.7. The average molecular weight is 449 g/mol. The fourth-order valence-corrected chi connectivity index (χ4v) is 3.68. The number of aromatic nitrogens is 4. The van der Waals surface area contributed by atoms with Crippen LogP contribution in [0.3, 0.4) is 0 Å². The Bertz CT molecular complexity index is 1380. The number of methoxy groups -OCH3 is 1. The fraction of sp³-hybridized carbons (Fsp3) is 0.261. The molecule has 0 fully saturated rings. The predicted molar refractivity (Wildman–Crippen MR) is 121 cm³/mol. The van der Waals surface area contributed by atoms with E-state index in [1.807, 2.05) is 12.1 Å². The first kappa shape index (κ1) is 22.0. The number of ether oxygens (including phenoxy) is 3. The summed E-state index contributed by atoms with van der Waals surface area (Å²) in [5, 5.41) is 4.99. The number of nitrogens with two attached hydrogens (primary N) is 1. The molecule has 3 aromatic heterocycles. The Hall–Kier alpha value is -4.21. The minimum absolute atomic E-state index is 0.0625. The Labute approximate surface area is 189 Å². The van der Waals surface area contributed by atoms with Gasteiger partial charge in [0.2, 0.25) is 0 Å². The Morgan fingerprint density at radius 3 is 2.36 bits per heavy atom. The number of pyridine rings is 1. The van der Waals surface area contributed by atoms with Gasteiger partial charge in [-0.3, -0.25) is 0 Å². The summed E-state index contributed by atoms with van der Waals surface area (Å²) in [5.41, 5.74) is 9.04. The Morgan fingerprint density at radius 2 is 1.73 bits per heavy atom. The average Bonchev–Trinajstić information content (AvgIpc) is 3.17. The number of carbonyl (C=O) groups excluding carboxylic acids is 2. The molecule has 1 aromatic carbocycles. The van der Waals surface area contributed by atoms with Gasteiger partial charge in [0, 0.05) is 11.8 Å². The van der Waals surface area contributed by atoms with Crippen molar-refractivity contribution in [1.82, 2.24) is 19.6 Å². The van der Waals surface area contributed by atoms with E-state index in [2.05, 4.69) is 15.1 Å². The molecule has 0 saturated carbocycles. The lowest BCUT2D eigenvalue weighted by molar-refractivity contribution is 0.0516. The Balaban J connectivity index is 2.09. The van der Waals surface area contributed by atoms with Crippen LogP contribution in [0.25, 0.3) is 27.8 Å². The number of esters is 2. The molecule has 0 bridgehead atoms. The summed E-state index contributed by atoms with van der Waals surface area (Å²) < 4.78 is 17.0. The third kappa shape index (κ3) is 3.69. The van der Waals surface area contributed by atoms with Crippen molar-refractivity contribution < 1.29 is 23.8 Å². The van der Waals surface area contributed by atoms with E-state index < -0.39 is 11.9 Å². The van der Waals surface area contributed by atoms with Gasteiger partial charge in [0.15, 0.2) is 11.3 Å². The van der Waals surface area contributed by atoms with Crippen molar-refractivity contribution >= 4 is 34.4 Å². The highest BCUT2D eigenvalue weighted by Crippen LogP contribution is 2.36. The van der Waals surface area contributed by atoms with Gasteiger partial charge in [0.05, 0.1) is 37.0 Å². The topological polar surface area (TPSA) is 131 Å². The summed E-state index contributed by atoms with van der Waals surface area (Å²) in [7, 11) is 1.58. The summed E-state index contributed by atoms with van der Waals surface area (Å²) >= 11 is 0. The molecule has 2 N–H and O–H groups in total. The number of benzene rings is 1. The van der Waals surface area contributed by atoms with Gasteiger partial charge in [0.1, 0.15) is 17.1 Å². The summed E-state index contributed by atoms with van der Waals surface area (Å²) in [4.78, 5) is 34.2. The second kappa shape index (κ2) is 8.73. The first-order valence-electron chi connectivity index (χ1n) is 10.4. The smallest absolute Gasteiger partial charge is 0.343 e. The SMILES string of the molecule is CCOC(=O)c1cnc2c3c(-c4ccc(OC)cc4)c(C(=O)OCC)c(C)nc3nn2c1N. The van der Waals surface area contributed by atoms with Gasteiger partial charge >= 0.3 is 11.9 Å². The van der Waals surface area contributed by atoms with Crippen LogP contribution in [-0.4, -0.2) is 51.8 Å². The van der Waals surface area contributed by atoms with E-state index in [0.29, 0.717) is 39.3 Å². The quantitative estimate of drug-likeness (QED) is 0.441. The lowest BCUT2D eigenvalue weighted by Gasteiger charge is -2.13. The molecule has 0 spiro atoms. The zero-order valence-corrected chi connectivity index (χ0v) is 18.7. The molecule has 4 rings (SSSR count). The van der Waals surface area contributed by atoms with Crippen molar-refractivity contribution in [2.75, 3.05) is 26.1 Å². The van der Waals surface area contributed by atoms with E-state index in [1.54, 1.807) is 40.0 Å². The number of anilines is 1. The van der Waals surface area contributed by atoms with Crippen LogP contribution in [0, 0.1) is 6.92 Å². The van der Waals surface area contributed by atoms with Crippen LogP contribution < -0.4 is 10.5 Å². The maximum Gasteiger partial charge on any atom is 0.343 e. The highest BCUT2D eigenvalue weighted by Gasteiger charge is 2.26. The van der Waals surface area contributed by atoms with Crippen LogP contribution in [-0.2, 0) is 9.47 Å². The fourth-order valence-electron chi connectivity index (χ4n) is 3.68. The van der Waals surface area contributed by atoms with Crippen molar-refractivity contribution in [2.45, 2.75) is 20.8 Å². The van der Waals surface area contributed by atoms with Crippen LogP contribution in [0.1, 0.15) is 40.3 Å². The molecule has 0 aliphatic heterocycles.